The van der Waals surface area contributed by atoms with Crippen LogP contribution in [-0.2, 0) is 11.0 Å². The van der Waals surface area contributed by atoms with Crippen molar-refractivity contribution in [2.24, 2.45) is 0 Å². The Labute approximate surface area is 238 Å². The van der Waals surface area contributed by atoms with Crippen molar-refractivity contribution in [3.8, 4) is 0 Å². The highest BCUT2D eigenvalue weighted by Gasteiger charge is 2.37. The van der Waals surface area contributed by atoms with Gasteiger partial charge in [-0.3, -0.25) is 30.9 Å². The minimum Gasteiger partial charge on any atom is -0.382 e. The third-order valence-corrected chi connectivity index (χ3v) is 7.38. The molecule has 0 atom stereocenters. The van der Waals surface area contributed by atoms with Crippen LogP contribution < -0.4 is 10.5 Å². The lowest BCUT2D eigenvalue weighted by Gasteiger charge is -2.36. The molecule has 2 saturated heterocycles. The number of amides is 1. The summed E-state index contributed by atoms with van der Waals surface area (Å²) in [6.07, 6.45) is -8.33. The SMILES string of the molecule is CC.N=C(SC(=N)C(F)(F)F)N1CCN(CCC(=O)N2CCC(Nc3ccc(N(O)O)c(C(F)(F)F)c3)CC2)CC1. The van der Waals surface area contributed by atoms with E-state index >= 15 is 0 Å². The van der Waals surface area contributed by atoms with Crippen LogP contribution in [0.2, 0.25) is 0 Å². The second kappa shape index (κ2) is 14.9. The van der Waals surface area contributed by atoms with Gasteiger partial charge in [0.2, 0.25) is 5.91 Å². The summed E-state index contributed by atoms with van der Waals surface area (Å²) in [5.41, 5.74) is -1.84. The van der Waals surface area contributed by atoms with E-state index in [0.717, 1.165) is 12.1 Å². The average Bonchev–Trinajstić information content (AvgIpc) is 2.92. The molecule has 0 aliphatic carbocycles. The Kier molecular flexibility index (Phi) is 12.5. The number of amidine groups is 1. The fourth-order valence-corrected chi connectivity index (χ4v) is 4.96. The zero-order valence-corrected chi connectivity index (χ0v) is 23.5. The van der Waals surface area contributed by atoms with E-state index in [2.05, 4.69) is 5.32 Å². The lowest BCUT2D eigenvalue weighted by molar-refractivity contribution is -0.138. The summed E-state index contributed by atoms with van der Waals surface area (Å²) in [6, 6.07) is 2.87. The molecule has 2 heterocycles. The summed E-state index contributed by atoms with van der Waals surface area (Å²) in [5, 5.41) is 33.5. The van der Waals surface area contributed by atoms with E-state index in [9.17, 15) is 31.1 Å². The first kappa shape index (κ1) is 34.4. The summed E-state index contributed by atoms with van der Waals surface area (Å²) in [7, 11) is 0. The quantitative estimate of drug-likeness (QED) is 0.132. The molecule has 17 heteroatoms. The van der Waals surface area contributed by atoms with E-state index in [-0.39, 0.29) is 41.0 Å². The Bertz CT molecular complexity index is 1040. The van der Waals surface area contributed by atoms with Crippen molar-refractivity contribution in [3.05, 3.63) is 23.8 Å². The molecule has 1 aromatic rings. The van der Waals surface area contributed by atoms with E-state index in [0.29, 0.717) is 58.7 Å². The Balaban J connectivity index is 0.00000287. The van der Waals surface area contributed by atoms with Gasteiger partial charge in [0, 0.05) is 64.0 Å². The number of carbonyl (C=O) groups is 1. The molecule has 2 aliphatic rings. The van der Waals surface area contributed by atoms with Crippen LogP contribution in [0.4, 0.5) is 37.7 Å². The van der Waals surface area contributed by atoms with Crippen LogP contribution >= 0.6 is 11.8 Å². The largest absolute Gasteiger partial charge is 0.439 e. The first-order chi connectivity index (χ1) is 19.1. The van der Waals surface area contributed by atoms with Crippen LogP contribution in [-0.4, -0.2) is 99.3 Å². The van der Waals surface area contributed by atoms with Crippen molar-refractivity contribution in [2.75, 3.05) is 56.4 Å². The number of carbonyl (C=O) groups excluding carboxylic acids is 1. The summed E-state index contributed by atoms with van der Waals surface area (Å²) in [6.45, 7) is 6.82. The van der Waals surface area contributed by atoms with Crippen LogP contribution in [0.15, 0.2) is 18.2 Å². The number of benzene rings is 1. The first-order valence-electron chi connectivity index (χ1n) is 13.0. The van der Waals surface area contributed by atoms with E-state index in [1.54, 1.807) is 4.90 Å². The molecule has 0 aromatic heterocycles. The maximum absolute atomic E-state index is 13.3. The highest BCUT2D eigenvalue weighted by molar-refractivity contribution is 8.26. The monoisotopic (exact) mass is 615 g/mol. The maximum atomic E-state index is 13.3. The van der Waals surface area contributed by atoms with Gasteiger partial charge in [0.1, 0.15) is 5.69 Å². The normalized spacial score (nSPS) is 17.0. The van der Waals surface area contributed by atoms with E-state index in [1.807, 2.05) is 18.7 Å². The number of hydrogen-bond donors (Lipinski definition) is 5. The van der Waals surface area contributed by atoms with Gasteiger partial charge in [-0.05, 0) is 42.8 Å². The Morgan fingerprint density at radius 3 is 2.10 bits per heavy atom. The lowest BCUT2D eigenvalue weighted by atomic mass is 10.0. The van der Waals surface area contributed by atoms with Gasteiger partial charge in [-0.15, -0.1) is 5.23 Å². The minimum atomic E-state index is -4.79. The van der Waals surface area contributed by atoms with Gasteiger partial charge in [-0.2, -0.15) is 26.3 Å². The maximum Gasteiger partial charge on any atom is 0.439 e. The highest BCUT2D eigenvalue weighted by atomic mass is 32.2. The first-order valence-corrected chi connectivity index (χ1v) is 13.8. The molecular formula is C24H35F6N7O3S. The predicted octanol–water partition coefficient (Wildman–Crippen LogP) is 4.93. The number of alkyl halides is 6. The third kappa shape index (κ3) is 10.2. The third-order valence-electron chi connectivity index (χ3n) is 6.49. The van der Waals surface area contributed by atoms with Crippen LogP contribution in [0.25, 0.3) is 0 Å². The van der Waals surface area contributed by atoms with Gasteiger partial charge in [0.25, 0.3) is 0 Å². The lowest BCUT2D eigenvalue weighted by Crippen LogP contribution is -2.49. The molecule has 0 saturated carbocycles. The van der Waals surface area contributed by atoms with E-state index in [4.69, 9.17) is 21.2 Å². The summed E-state index contributed by atoms with van der Waals surface area (Å²) < 4.78 is 77.4. The molecule has 0 spiro atoms. The van der Waals surface area contributed by atoms with Crippen molar-refractivity contribution >= 4 is 39.3 Å². The van der Waals surface area contributed by atoms with Crippen LogP contribution in [0.3, 0.4) is 0 Å². The number of hydrogen-bond acceptors (Lipinski definition) is 9. The second-order valence-corrected chi connectivity index (χ2v) is 10.1. The summed E-state index contributed by atoms with van der Waals surface area (Å²) >= 11 is 0.0664. The topological polar surface area (TPSA) is 130 Å². The molecule has 1 aromatic carbocycles. The highest BCUT2D eigenvalue weighted by Crippen LogP contribution is 2.38. The van der Waals surface area contributed by atoms with Gasteiger partial charge in [0.15, 0.2) is 10.2 Å². The predicted molar refractivity (Wildman–Crippen MR) is 144 cm³/mol. The molecule has 0 unspecified atom stereocenters. The molecule has 3 rings (SSSR count). The zero-order valence-electron chi connectivity index (χ0n) is 22.6. The van der Waals surface area contributed by atoms with Gasteiger partial charge in [-0.25, -0.2) is 0 Å². The Morgan fingerprint density at radius 2 is 1.59 bits per heavy atom. The van der Waals surface area contributed by atoms with Crippen molar-refractivity contribution in [3.63, 3.8) is 0 Å². The number of halogens is 6. The fraction of sp³-hybridized carbons (Fsp3) is 0.625. The molecule has 5 N–H and O–H groups in total. The molecular weight excluding hydrogens is 580 g/mol. The second-order valence-electron chi connectivity index (χ2n) is 9.13. The number of nitrogens with zero attached hydrogens (tertiary/aromatic N) is 4. The van der Waals surface area contributed by atoms with Crippen LogP contribution in [0.1, 0.15) is 38.7 Å². The van der Waals surface area contributed by atoms with Crippen LogP contribution in [0, 0.1) is 10.8 Å². The van der Waals surface area contributed by atoms with Gasteiger partial charge in [0.05, 0.1) is 5.56 Å². The minimum absolute atomic E-state index is 0.0664. The molecule has 0 radical (unpaired) electrons. The van der Waals surface area contributed by atoms with Gasteiger partial charge < -0.3 is 15.1 Å². The van der Waals surface area contributed by atoms with Crippen LogP contribution in [0.5, 0.6) is 0 Å². The molecule has 0 bridgehead atoms. The Morgan fingerprint density at radius 1 is 1.00 bits per heavy atom. The molecule has 41 heavy (non-hydrogen) atoms. The van der Waals surface area contributed by atoms with Crippen molar-refractivity contribution in [1.82, 2.24) is 14.7 Å². The summed E-state index contributed by atoms with van der Waals surface area (Å²) in [4.78, 5) is 17.8. The molecule has 10 nitrogen and oxygen atoms in total. The van der Waals surface area contributed by atoms with Crippen molar-refractivity contribution in [2.45, 2.75) is 51.5 Å². The van der Waals surface area contributed by atoms with Crippen molar-refractivity contribution in [1.29, 1.82) is 10.8 Å². The number of rotatable bonds is 6. The van der Waals surface area contributed by atoms with Gasteiger partial charge >= 0.3 is 12.4 Å². The number of anilines is 2. The van der Waals surface area contributed by atoms with Crippen molar-refractivity contribution < 1.29 is 41.6 Å². The Hall–Kier alpha value is -2.76. The number of likely N-dealkylation sites (tertiary alicyclic amines) is 1. The smallest absolute Gasteiger partial charge is 0.382 e. The standard InChI is InChI=1S/C22H29F6N7O3S.C2H6/c23-21(24,25)16-13-15(1-2-17(16)35(37)38)31-14-3-7-33(8-4-14)18(36)5-6-32-9-11-34(12-10-32)20(30)39-19(29)22(26,27)28;1-2/h1-2,13-14,29-31,37-38H,3-12H2;1-2H3. The fourth-order valence-electron chi connectivity index (χ4n) is 4.34. The van der Waals surface area contributed by atoms with E-state index < -0.39 is 33.9 Å². The molecule has 1 amide bonds. The molecule has 2 fully saturated rings. The van der Waals surface area contributed by atoms with Gasteiger partial charge in [-0.1, -0.05) is 13.8 Å². The zero-order chi connectivity index (χ0) is 31.0. The average molecular weight is 616 g/mol. The number of nitrogens with one attached hydrogen (secondary N) is 3. The number of piperazine rings is 1. The molecule has 232 valence electrons. The number of thioether (sulfide) groups is 1. The number of piperidine rings is 1. The summed E-state index contributed by atoms with van der Waals surface area (Å²) in [5.74, 6) is -0.0764. The molecule has 2 aliphatic heterocycles. The van der Waals surface area contributed by atoms with E-state index in [1.165, 1.54) is 11.0 Å².